The van der Waals surface area contributed by atoms with Gasteiger partial charge in [0.05, 0.1) is 6.04 Å². The number of nitrogens with zero attached hydrogens (tertiary/aromatic N) is 1. The summed E-state index contributed by atoms with van der Waals surface area (Å²) in [5, 5.41) is 6.00. The first kappa shape index (κ1) is 16.1. The van der Waals surface area contributed by atoms with Crippen molar-refractivity contribution in [2.24, 2.45) is 5.41 Å². The van der Waals surface area contributed by atoms with Gasteiger partial charge in [0, 0.05) is 25.6 Å². The van der Waals surface area contributed by atoms with Gasteiger partial charge in [-0.05, 0) is 18.3 Å². The van der Waals surface area contributed by atoms with Crippen LogP contribution in [0.4, 0.5) is 4.79 Å². The van der Waals surface area contributed by atoms with E-state index in [2.05, 4.69) is 31.4 Å². The molecule has 2 aliphatic rings. The normalized spacial score (nSPS) is 24.2. The van der Waals surface area contributed by atoms with E-state index in [0.29, 0.717) is 19.0 Å². The van der Waals surface area contributed by atoms with E-state index in [-0.39, 0.29) is 23.4 Å². The quantitative estimate of drug-likeness (QED) is 0.839. The molecule has 1 aliphatic carbocycles. The minimum absolute atomic E-state index is 0.0524. The smallest absolute Gasteiger partial charge is 0.315 e. The molecular weight excluding hydrogens is 266 g/mol. The highest BCUT2D eigenvalue weighted by atomic mass is 16.2. The molecule has 2 N–H and O–H groups in total. The fourth-order valence-corrected chi connectivity index (χ4v) is 3.25. The Morgan fingerprint density at radius 1 is 1.14 bits per heavy atom. The van der Waals surface area contributed by atoms with Gasteiger partial charge >= 0.3 is 6.03 Å². The molecule has 0 spiro atoms. The van der Waals surface area contributed by atoms with Crippen molar-refractivity contribution in [1.29, 1.82) is 0 Å². The third-order valence-electron chi connectivity index (χ3n) is 4.16. The highest BCUT2D eigenvalue weighted by Gasteiger charge is 2.33. The Hall–Kier alpha value is -1.26. The monoisotopic (exact) mass is 295 g/mol. The standard InChI is InChI=1S/C16H29N3O2/c1-16(2,3)11-19-10-13(9-14(19)20)18-15(21)17-12-7-5-4-6-8-12/h12-13H,4-11H2,1-3H3,(H2,17,18,21). The lowest BCUT2D eigenvalue weighted by Crippen LogP contribution is -2.47. The van der Waals surface area contributed by atoms with Gasteiger partial charge in [0.1, 0.15) is 0 Å². The van der Waals surface area contributed by atoms with Crippen LogP contribution in [-0.2, 0) is 4.79 Å². The van der Waals surface area contributed by atoms with Crippen LogP contribution >= 0.6 is 0 Å². The van der Waals surface area contributed by atoms with E-state index in [1.54, 1.807) is 0 Å². The SMILES string of the molecule is CC(C)(C)CN1CC(NC(=O)NC2CCCCC2)CC1=O. The van der Waals surface area contributed by atoms with Crippen LogP contribution in [0.25, 0.3) is 0 Å². The number of amides is 3. The summed E-state index contributed by atoms with van der Waals surface area (Å²) in [7, 11) is 0. The summed E-state index contributed by atoms with van der Waals surface area (Å²) in [6.07, 6.45) is 6.26. The van der Waals surface area contributed by atoms with Gasteiger partial charge in [0.25, 0.3) is 0 Å². The van der Waals surface area contributed by atoms with E-state index >= 15 is 0 Å². The molecule has 1 saturated carbocycles. The van der Waals surface area contributed by atoms with E-state index in [1.165, 1.54) is 19.3 Å². The van der Waals surface area contributed by atoms with Gasteiger partial charge in [-0.25, -0.2) is 4.79 Å². The molecule has 1 atom stereocenters. The van der Waals surface area contributed by atoms with E-state index in [1.807, 2.05) is 4.90 Å². The number of carbonyl (C=O) groups is 2. The molecule has 21 heavy (non-hydrogen) atoms. The van der Waals surface area contributed by atoms with Crippen LogP contribution in [0.2, 0.25) is 0 Å². The topological polar surface area (TPSA) is 61.4 Å². The third kappa shape index (κ3) is 5.21. The maximum atomic E-state index is 12.0. The van der Waals surface area contributed by atoms with Crippen LogP contribution in [0, 0.1) is 5.41 Å². The molecule has 0 aromatic heterocycles. The molecular formula is C16H29N3O2. The van der Waals surface area contributed by atoms with Gasteiger partial charge in [-0.1, -0.05) is 40.0 Å². The first-order valence-electron chi connectivity index (χ1n) is 8.18. The van der Waals surface area contributed by atoms with Crippen molar-refractivity contribution in [3.05, 3.63) is 0 Å². The van der Waals surface area contributed by atoms with Crippen molar-refractivity contribution in [2.45, 2.75) is 71.4 Å². The number of hydrogen-bond donors (Lipinski definition) is 2. The summed E-state index contributed by atoms with van der Waals surface area (Å²) in [6, 6.07) is 0.141. The van der Waals surface area contributed by atoms with Gasteiger partial charge in [-0.2, -0.15) is 0 Å². The van der Waals surface area contributed by atoms with Crippen LogP contribution < -0.4 is 10.6 Å². The molecule has 3 amide bonds. The molecule has 5 nitrogen and oxygen atoms in total. The first-order valence-corrected chi connectivity index (χ1v) is 8.18. The molecule has 1 heterocycles. The number of urea groups is 1. The van der Waals surface area contributed by atoms with Crippen molar-refractivity contribution >= 4 is 11.9 Å². The second-order valence-corrected chi connectivity index (χ2v) is 7.69. The minimum Gasteiger partial charge on any atom is -0.340 e. The van der Waals surface area contributed by atoms with Crippen molar-refractivity contribution in [3.8, 4) is 0 Å². The fraction of sp³-hybridized carbons (Fsp3) is 0.875. The Kier molecular flexibility index (Phi) is 5.12. The van der Waals surface area contributed by atoms with Crippen molar-refractivity contribution in [1.82, 2.24) is 15.5 Å². The van der Waals surface area contributed by atoms with Crippen LogP contribution in [0.3, 0.4) is 0 Å². The molecule has 0 radical (unpaired) electrons. The molecule has 1 saturated heterocycles. The average Bonchev–Trinajstić information content (AvgIpc) is 2.68. The highest BCUT2D eigenvalue weighted by molar-refractivity contribution is 5.81. The second-order valence-electron chi connectivity index (χ2n) is 7.69. The lowest BCUT2D eigenvalue weighted by Gasteiger charge is -2.27. The summed E-state index contributed by atoms with van der Waals surface area (Å²) in [4.78, 5) is 25.9. The highest BCUT2D eigenvalue weighted by Crippen LogP contribution is 2.20. The minimum atomic E-state index is -0.114. The van der Waals surface area contributed by atoms with Crippen LogP contribution in [-0.4, -0.2) is 42.0 Å². The van der Waals surface area contributed by atoms with E-state index in [4.69, 9.17) is 0 Å². The zero-order chi connectivity index (χ0) is 15.5. The Morgan fingerprint density at radius 3 is 2.38 bits per heavy atom. The molecule has 2 rings (SSSR count). The van der Waals surface area contributed by atoms with Gasteiger partial charge in [0.15, 0.2) is 0 Å². The second kappa shape index (κ2) is 6.67. The predicted molar refractivity (Wildman–Crippen MR) is 83.0 cm³/mol. The molecule has 5 heteroatoms. The van der Waals surface area contributed by atoms with E-state index < -0.39 is 0 Å². The molecule has 1 unspecified atom stereocenters. The molecule has 2 fully saturated rings. The van der Waals surface area contributed by atoms with E-state index in [0.717, 1.165) is 19.4 Å². The zero-order valence-corrected chi connectivity index (χ0v) is 13.6. The van der Waals surface area contributed by atoms with Gasteiger partial charge in [-0.3, -0.25) is 4.79 Å². The fourth-order valence-electron chi connectivity index (χ4n) is 3.25. The Balaban J connectivity index is 1.75. The van der Waals surface area contributed by atoms with Gasteiger partial charge in [0.2, 0.25) is 5.91 Å². The number of likely N-dealkylation sites (tertiary alicyclic amines) is 1. The third-order valence-corrected chi connectivity index (χ3v) is 4.16. The Bertz CT molecular complexity index is 383. The molecule has 0 aromatic carbocycles. The molecule has 120 valence electrons. The number of nitrogens with one attached hydrogen (secondary N) is 2. The largest absolute Gasteiger partial charge is 0.340 e. The zero-order valence-electron chi connectivity index (χ0n) is 13.6. The van der Waals surface area contributed by atoms with Crippen LogP contribution in [0.1, 0.15) is 59.3 Å². The van der Waals surface area contributed by atoms with Crippen molar-refractivity contribution < 1.29 is 9.59 Å². The maximum absolute atomic E-state index is 12.0. The van der Waals surface area contributed by atoms with Crippen molar-refractivity contribution in [2.75, 3.05) is 13.1 Å². The maximum Gasteiger partial charge on any atom is 0.315 e. The average molecular weight is 295 g/mol. The summed E-state index contributed by atoms with van der Waals surface area (Å²) < 4.78 is 0. The van der Waals surface area contributed by atoms with E-state index in [9.17, 15) is 9.59 Å². The summed E-state index contributed by atoms with van der Waals surface area (Å²) in [5.74, 6) is 0.146. The first-order chi connectivity index (χ1) is 9.83. The number of carbonyl (C=O) groups excluding carboxylic acids is 2. The van der Waals surface area contributed by atoms with Gasteiger partial charge in [-0.15, -0.1) is 0 Å². The lowest BCUT2D eigenvalue weighted by atomic mass is 9.96. The Morgan fingerprint density at radius 2 is 1.76 bits per heavy atom. The van der Waals surface area contributed by atoms with Crippen molar-refractivity contribution in [3.63, 3.8) is 0 Å². The van der Waals surface area contributed by atoms with Gasteiger partial charge < -0.3 is 15.5 Å². The molecule has 0 aromatic rings. The molecule has 0 bridgehead atoms. The number of hydrogen-bond acceptors (Lipinski definition) is 2. The molecule has 1 aliphatic heterocycles. The number of rotatable bonds is 3. The summed E-state index contributed by atoms with van der Waals surface area (Å²) in [6.45, 7) is 7.74. The lowest BCUT2D eigenvalue weighted by molar-refractivity contribution is -0.128. The predicted octanol–water partition coefficient (Wildman–Crippen LogP) is 2.27. The summed E-state index contributed by atoms with van der Waals surface area (Å²) in [5.41, 5.74) is 0.0922. The summed E-state index contributed by atoms with van der Waals surface area (Å²) >= 11 is 0. The van der Waals surface area contributed by atoms with Crippen LogP contribution in [0.15, 0.2) is 0 Å². The Labute approximate surface area is 127 Å². The van der Waals surface area contributed by atoms with Crippen LogP contribution in [0.5, 0.6) is 0 Å².